The number of amides is 1. The highest BCUT2D eigenvalue weighted by atomic mass is 16.3. The molecule has 0 N–H and O–H groups in total. The Morgan fingerprint density at radius 2 is 2.08 bits per heavy atom. The second-order valence-electron chi connectivity index (χ2n) is 7.42. The number of nitrogens with zero attached hydrogens (tertiary/aromatic N) is 3. The van der Waals surface area contributed by atoms with Crippen LogP contribution >= 0.6 is 0 Å². The molecule has 1 saturated heterocycles. The van der Waals surface area contributed by atoms with Crippen molar-refractivity contribution < 1.29 is 9.21 Å². The van der Waals surface area contributed by atoms with Gasteiger partial charge in [-0.1, -0.05) is 6.07 Å². The average Bonchev–Trinajstić information content (AvgIpc) is 3.11. The zero-order valence-electron chi connectivity index (χ0n) is 14.6. The molecule has 132 valence electrons. The molecule has 6 heteroatoms. The van der Waals surface area contributed by atoms with E-state index in [-0.39, 0.29) is 17.4 Å². The molecule has 0 saturated carbocycles. The normalized spacial score (nSPS) is 22.1. The van der Waals surface area contributed by atoms with E-state index in [2.05, 4.69) is 6.07 Å². The van der Waals surface area contributed by atoms with Gasteiger partial charge in [-0.05, 0) is 44.6 Å². The highest BCUT2D eigenvalue weighted by Crippen LogP contribution is 2.35. The molecule has 2 aromatic heterocycles. The molecule has 1 amide bonds. The van der Waals surface area contributed by atoms with Crippen LogP contribution in [0.2, 0.25) is 0 Å². The SMILES string of the molecule is CN(C)Cc1ccc2n(c1=O)C[C@H]1C[C@@H]2CN(C(=O)c2ccco2)C1. The molecule has 25 heavy (non-hydrogen) atoms. The Morgan fingerprint density at radius 3 is 2.80 bits per heavy atom. The Bertz CT molecular complexity index is 838. The van der Waals surface area contributed by atoms with Gasteiger partial charge in [-0.2, -0.15) is 0 Å². The maximum atomic E-state index is 12.8. The largest absolute Gasteiger partial charge is 0.459 e. The van der Waals surface area contributed by atoms with Crippen LogP contribution in [0.5, 0.6) is 0 Å². The topological polar surface area (TPSA) is 58.7 Å². The number of pyridine rings is 1. The number of hydrogen-bond donors (Lipinski definition) is 0. The van der Waals surface area contributed by atoms with Crippen molar-refractivity contribution in [2.45, 2.75) is 25.4 Å². The van der Waals surface area contributed by atoms with Gasteiger partial charge in [-0.3, -0.25) is 9.59 Å². The Labute approximate surface area is 146 Å². The van der Waals surface area contributed by atoms with Crippen molar-refractivity contribution in [1.29, 1.82) is 0 Å². The number of piperidine rings is 1. The van der Waals surface area contributed by atoms with E-state index < -0.39 is 0 Å². The van der Waals surface area contributed by atoms with Crippen LogP contribution in [0.1, 0.15) is 34.2 Å². The maximum absolute atomic E-state index is 12.8. The van der Waals surface area contributed by atoms with Crippen molar-refractivity contribution in [1.82, 2.24) is 14.4 Å². The monoisotopic (exact) mass is 341 g/mol. The van der Waals surface area contributed by atoms with Gasteiger partial charge in [0.05, 0.1) is 6.26 Å². The number of fused-ring (bicyclic) bond motifs is 4. The van der Waals surface area contributed by atoms with Gasteiger partial charge in [-0.15, -0.1) is 0 Å². The molecule has 2 aromatic rings. The molecule has 2 atom stereocenters. The fourth-order valence-electron chi connectivity index (χ4n) is 4.17. The van der Waals surface area contributed by atoms with Gasteiger partial charge < -0.3 is 18.8 Å². The van der Waals surface area contributed by atoms with Crippen LogP contribution in [0.15, 0.2) is 39.7 Å². The lowest BCUT2D eigenvalue weighted by Crippen LogP contribution is -2.49. The van der Waals surface area contributed by atoms with Gasteiger partial charge in [0.1, 0.15) is 0 Å². The predicted octanol–water partition coefficient (Wildman–Crippen LogP) is 1.76. The van der Waals surface area contributed by atoms with E-state index in [9.17, 15) is 9.59 Å². The third-order valence-electron chi connectivity index (χ3n) is 5.19. The molecule has 0 radical (unpaired) electrons. The summed E-state index contributed by atoms with van der Waals surface area (Å²) in [5.74, 6) is 0.864. The molecular formula is C19H23N3O3. The van der Waals surface area contributed by atoms with Crippen LogP contribution in [-0.2, 0) is 13.1 Å². The number of rotatable bonds is 3. The third-order valence-corrected chi connectivity index (χ3v) is 5.19. The van der Waals surface area contributed by atoms with Crippen LogP contribution < -0.4 is 5.56 Å². The number of likely N-dealkylation sites (tertiary alicyclic amines) is 1. The quantitative estimate of drug-likeness (QED) is 0.854. The molecule has 0 aliphatic carbocycles. The van der Waals surface area contributed by atoms with E-state index in [1.165, 1.54) is 6.26 Å². The summed E-state index contributed by atoms with van der Waals surface area (Å²) in [6.07, 6.45) is 2.56. The molecule has 0 unspecified atom stereocenters. The minimum absolute atomic E-state index is 0.0558. The highest BCUT2D eigenvalue weighted by Gasteiger charge is 2.37. The second kappa shape index (κ2) is 6.19. The van der Waals surface area contributed by atoms with Crippen LogP contribution in [-0.4, -0.2) is 47.5 Å². The summed E-state index contributed by atoms with van der Waals surface area (Å²) in [6, 6.07) is 7.46. The summed E-state index contributed by atoms with van der Waals surface area (Å²) in [6.45, 7) is 2.66. The van der Waals surface area contributed by atoms with Gasteiger partial charge in [0.25, 0.3) is 11.5 Å². The molecule has 0 spiro atoms. The fraction of sp³-hybridized carbons (Fsp3) is 0.474. The summed E-state index contributed by atoms with van der Waals surface area (Å²) in [5, 5.41) is 0. The summed E-state index contributed by atoms with van der Waals surface area (Å²) in [5.41, 5.74) is 2.00. The van der Waals surface area contributed by atoms with Crippen LogP contribution in [0.4, 0.5) is 0 Å². The van der Waals surface area contributed by atoms with Crippen molar-refractivity contribution in [3.05, 3.63) is 57.9 Å². The third kappa shape index (κ3) is 2.91. The summed E-state index contributed by atoms with van der Waals surface area (Å²) >= 11 is 0. The first-order valence-electron chi connectivity index (χ1n) is 8.73. The Balaban J connectivity index is 1.62. The average molecular weight is 341 g/mol. The van der Waals surface area contributed by atoms with E-state index >= 15 is 0 Å². The van der Waals surface area contributed by atoms with Crippen molar-refractivity contribution in [3.63, 3.8) is 0 Å². The molecule has 2 aliphatic heterocycles. The van der Waals surface area contributed by atoms with E-state index in [0.29, 0.717) is 37.9 Å². The highest BCUT2D eigenvalue weighted by molar-refractivity contribution is 5.91. The Morgan fingerprint density at radius 1 is 1.24 bits per heavy atom. The molecular weight excluding hydrogens is 318 g/mol. The summed E-state index contributed by atoms with van der Waals surface area (Å²) in [4.78, 5) is 29.3. The van der Waals surface area contributed by atoms with Crippen LogP contribution in [0.25, 0.3) is 0 Å². The van der Waals surface area contributed by atoms with E-state index in [4.69, 9.17) is 4.42 Å². The van der Waals surface area contributed by atoms with E-state index in [0.717, 1.165) is 17.7 Å². The van der Waals surface area contributed by atoms with Crippen molar-refractivity contribution in [3.8, 4) is 0 Å². The van der Waals surface area contributed by atoms with Gasteiger partial charge in [-0.25, -0.2) is 0 Å². The molecule has 2 bridgehead atoms. The number of carbonyl (C=O) groups is 1. The van der Waals surface area contributed by atoms with Crippen molar-refractivity contribution in [2.75, 3.05) is 27.2 Å². The molecule has 2 aliphatic rings. The maximum Gasteiger partial charge on any atom is 0.289 e. The van der Waals surface area contributed by atoms with E-state index in [1.807, 2.05) is 34.5 Å². The van der Waals surface area contributed by atoms with Crippen molar-refractivity contribution in [2.24, 2.45) is 5.92 Å². The molecule has 1 fully saturated rings. The van der Waals surface area contributed by atoms with Gasteiger partial charge in [0, 0.05) is 43.4 Å². The standard InChI is InChI=1S/C19H23N3O3/c1-20(2)11-14-5-6-16-15-8-13(10-22(16)18(14)23)9-21(12-15)19(24)17-4-3-7-25-17/h3-7,13,15H,8-12H2,1-2H3/t13-,15+/m0/s1. The smallest absolute Gasteiger partial charge is 0.289 e. The minimum atomic E-state index is -0.0558. The molecule has 0 aromatic carbocycles. The van der Waals surface area contributed by atoms with Crippen LogP contribution in [0.3, 0.4) is 0 Å². The lowest BCUT2D eigenvalue weighted by Gasteiger charge is -2.42. The number of aromatic nitrogens is 1. The zero-order chi connectivity index (χ0) is 17.6. The first-order chi connectivity index (χ1) is 12.0. The predicted molar refractivity (Wildman–Crippen MR) is 93.6 cm³/mol. The Hall–Kier alpha value is -2.34. The summed E-state index contributed by atoms with van der Waals surface area (Å²) in [7, 11) is 3.94. The zero-order valence-corrected chi connectivity index (χ0v) is 14.6. The summed E-state index contributed by atoms with van der Waals surface area (Å²) < 4.78 is 7.20. The van der Waals surface area contributed by atoms with Gasteiger partial charge >= 0.3 is 0 Å². The number of hydrogen-bond acceptors (Lipinski definition) is 4. The molecule has 4 heterocycles. The minimum Gasteiger partial charge on any atom is -0.459 e. The molecule has 6 nitrogen and oxygen atoms in total. The number of furan rings is 1. The lowest BCUT2D eigenvalue weighted by molar-refractivity contribution is 0.0563. The first kappa shape index (κ1) is 16.1. The second-order valence-corrected chi connectivity index (χ2v) is 7.42. The van der Waals surface area contributed by atoms with Crippen molar-refractivity contribution >= 4 is 5.91 Å². The lowest BCUT2D eigenvalue weighted by atomic mass is 9.83. The van der Waals surface area contributed by atoms with Gasteiger partial charge in [0.15, 0.2) is 5.76 Å². The molecule has 4 rings (SSSR count). The number of carbonyl (C=O) groups excluding carboxylic acids is 1. The first-order valence-corrected chi connectivity index (χ1v) is 8.73. The van der Waals surface area contributed by atoms with E-state index in [1.54, 1.807) is 12.1 Å². The van der Waals surface area contributed by atoms with Gasteiger partial charge in [0.2, 0.25) is 0 Å². The van der Waals surface area contributed by atoms with Crippen LogP contribution in [0, 0.1) is 5.92 Å². The Kier molecular flexibility index (Phi) is 4.00. The fourth-order valence-corrected chi connectivity index (χ4v) is 4.17.